The second-order valence-electron chi connectivity index (χ2n) is 4.28. The van der Waals surface area contributed by atoms with Gasteiger partial charge in [0.05, 0.1) is 11.7 Å². The first-order chi connectivity index (χ1) is 8.58. The zero-order valence-electron chi connectivity index (χ0n) is 10.0. The normalized spacial score (nSPS) is 19.6. The van der Waals surface area contributed by atoms with E-state index in [0.29, 0.717) is 13.1 Å². The van der Waals surface area contributed by atoms with Crippen molar-refractivity contribution in [2.24, 2.45) is 0 Å². The predicted molar refractivity (Wildman–Crippen MR) is 64.4 cm³/mol. The van der Waals surface area contributed by atoms with Crippen LogP contribution in [0, 0.1) is 18.6 Å². The summed E-state index contributed by atoms with van der Waals surface area (Å²) in [6.45, 7) is 3.40. The lowest BCUT2D eigenvalue weighted by molar-refractivity contribution is -0.118. The van der Waals surface area contributed by atoms with E-state index < -0.39 is 17.7 Å². The molecular weight excluding hydrogens is 240 g/mol. The van der Waals surface area contributed by atoms with Crippen molar-refractivity contribution in [3.8, 4) is 0 Å². The van der Waals surface area contributed by atoms with E-state index in [9.17, 15) is 13.6 Å². The Kier molecular flexibility index (Phi) is 3.88. The van der Waals surface area contributed by atoms with Crippen molar-refractivity contribution >= 4 is 11.6 Å². The molecule has 0 aromatic heterocycles. The summed E-state index contributed by atoms with van der Waals surface area (Å²) in [4.78, 5) is 11.8. The van der Waals surface area contributed by atoms with Gasteiger partial charge in [0.15, 0.2) is 0 Å². The first kappa shape index (κ1) is 12.9. The number of halogens is 2. The lowest BCUT2D eigenvalue weighted by Gasteiger charge is -2.23. The third-order valence-corrected chi connectivity index (χ3v) is 2.86. The molecule has 98 valence electrons. The maximum atomic E-state index is 13.5. The number of rotatable bonds is 2. The first-order valence-electron chi connectivity index (χ1n) is 5.78. The van der Waals surface area contributed by atoms with Crippen LogP contribution in [0.25, 0.3) is 0 Å². The summed E-state index contributed by atoms with van der Waals surface area (Å²) in [5.41, 5.74) is 0.0819. The monoisotopic (exact) mass is 255 g/mol. The number of nitrogens with one attached hydrogen (secondary N) is 3. The van der Waals surface area contributed by atoms with Crippen LogP contribution in [0.4, 0.5) is 14.5 Å². The minimum Gasteiger partial charge on any atom is -0.322 e. The Balaban J connectivity index is 2.08. The number of hydrogen-bond donors (Lipinski definition) is 3. The summed E-state index contributed by atoms with van der Waals surface area (Å²) >= 11 is 0. The smallest absolute Gasteiger partial charge is 0.242 e. The van der Waals surface area contributed by atoms with Gasteiger partial charge in [-0.15, -0.1) is 0 Å². The molecule has 1 saturated heterocycles. The van der Waals surface area contributed by atoms with Crippen LogP contribution in [0.15, 0.2) is 12.1 Å². The summed E-state index contributed by atoms with van der Waals surface area (Å²) in [5, 5.41) is 8.43. The van der Waals surface area contributed by atoms with Crippen LogP contribution >= 0.6 is 0 Å². The zero-order chi connectivity index (χ0) is 13.1. The summed E-state index contributed by atoms with van der Waals surface area (Å²) in [6.07, 6.45) is 0. The maximum absolute atomic E-state index is 13.5. The lowest BCUT2D eigenvalue weighted by Crippen LogP contribution is -2.54. The van der Waals surface area contributed by atoms with Crippen molar-refractivity contribution < 1.29 is 13.6 Å². The molecular formula is C12H15F2N3O. The van der Waals surface area contributed by atoms with Crippen LogP contribution in [-0.2, 0) is 4.79 Å². The number of aryl methyl sites for hydroxylation is 1. The van der Waals surface area contributed by atoms with Crippen LogP contribution in [0.2, 0.25) is 0 Å². The van der Waals surface area contributed by atoms with E-state index in [1.54, 1.807) is 0 Å². The van der Waals surface area contributed by atoms with Gasteiger partial charge in [-0.1, -0.05) is 0 Å². The van der Waals surface area contributed by atoms with E-state index in [2.05, 4.69) is 16.0 Å². The molecule has 1 aromatic carbocycles. The lowest BCUT2D eigenvalue weighted by atomic mass is 10.2. The third kappa shape index (κ3) is 2.83. The summed E-state index contributed by atoms with van der Waals surface area (Å²) in [7, 11) is 0. The number of carbonyl (C=O) groups is 1. The zero-order valence-corrected chi connectivity index (χ0v) is 10.0. The van der Waals surface area contributed by atoms with E-state index in [0.717, 1.165) is 18.7 Å². The standard InChI is InChI=1S/C12H15F2N3O/c1-7-4-9(14)10(5-8(7)13)17-12(18)11-6-15-2-3-16-11/h4-5,11,15-16H,2-3,6H2,1H3,(H,17,18). The molecule has 0 saturated carbocycles. The van der Waals surface area contributed by atoms with Crippen molar-refractivity contribution in [1.29, 1.82) is 0 Å². The Morgan fingerprint density at radius 3 is 2.78 bits per heavy atom. The van der Waals surface area contributed by atoms with Crippen molar-refractivity contribution in [2.75, 3.05) is 25.0 Å². The minimum absolute atomic E-state index is 0.129. The SMILES string of the molecule is Cc1cc(F)c(NC(=O)C2CNCCN2)cc1F. The van der Waals surface area contributed by atoms with Gasteiger partial charge in [0, 0.05) is 25.7 Å². The molecule has 0 spiro atoms. The average Bonchev–Trinajstić information content (AvgIpc) is 2.37. The van der Waals surface area contributed by atoms with Crippen LogP contribution in [0.5, 0.6) is 0 Å². The fourth-order valence-electron chi connectivity index (χ4n) is 1.80. The predicted octanol–water partition coefficient (Wildman–Crippen LogP) is 0.773. The molecule has 1 atom stereocenters. The number of amides is 1. The minimum atomic E-state index is -0.633. The molecule has 0 bridgehead atoms. The molecule has 0 radical (unpaired) electrons. The first-order valence-corrected chi connectivity index (χ1v) is 5.78. The Bertz CT molecular complexity index is 459. The van der Waals surface area contributed by atoms with Gasteiger partial charge in [-0.3, -0.25) is 4.79 Å². The number of anilines is 1. The Hall–Kier alpha value is -1.53. The van der Waals surface area contributed by atoms with Crippen molar-refractivity contribution in [3.05, 3.63) is 29.3 Å². The fourth-order valence-corrected chi connectivity index (χ4v) is 1.80. The van der Waals surface area contributed by atoms with Gasteiger partial charge in [-0.25, -0.2) is 8.78 Å². The van der Waals surface area contributed by atoms with Crippen LogP contribution in [0.1, 0.15) is 5.56 Å². The molecule has 3 N–H and O–H groups in total. The molecule has 1 aliphatic heterocycles. The molecule has 1 unspecified atom stereocenters. The largest absolute Gasteiger partial charge is 0.322 e. The topological polar surface area (TPSA) is 53.2 Å². The highest BCUT2D eigenvalue weighted by Gasteiger charge is 2.21. The number of hydrogen-bond acceptors (Lipinski definition) is 3. The highest BCUT2D eigenvalue weighted by atomic mass is 19.1. The molecule has 18 heavy (non-hydrogen) atoms. The van der Waals surface area contributed by atoms with E-state index in [1.807, 2.05) is 0 Å². The second kappa shape index (κ2) is 5.41. The quantitative estimate of drug-likeness (QED) is 0.732. The van der Waals surface area contributed by atoms with E-state index in [4.69, 9.17) is 0 Å². The van der Waals surface area contributed by atoms with Gasteiger partial charge in [0.25, 0.3) is 0 Å². The van der Waals surface area contributed by atoms with Crippen LogP contribution in [0.3, 0.4) is 0 Å². The molecule has 1 fully saturated rings. The molecule has 1 aromatic rings. The molecule has 6 heteroatoms. The highest BCUT2D eigenvalue weighted by Crippen LogP contribution is 2.18. The van der Waals surface area contributed by atoms with Gasteiger partial charge in [0.2, 0.25) is 5.91 Å². The van der Waals surface area contributed by atoms with E-state index >= 15 is 0 Å². The number of benzene rings is 1. The van der Waals surface area contributed by atoms with Crippen LogP contribution in [-0.4, -0.2) is 31.6 Å². The van der Waals surface area contributed by atoms with Gasteiger partial charge < -0.3 is 16.0 Å². The summed E-state index contributed by atoms with van der Waals surface area (Å²) in [6, 6.07) is 1.64. The van der Waals surface area contributed by atoms with Gasteiger partial charge in [0.1, 0.15) is 11.6 Å². The summed E-state index contributed by atoms with van der Waals surface area (Å²) < 4.78 is 26.8. The Labute approximate surface area is 104 Å². The highest BCUT2D eigenvalue weighted by molar-refractivity contribution is 5.95. The van der Waals surface area contributed by atoms with Crippen molar-refractivity contribution in [2.45, 2.75) is 13.0 Å². The molecule has 0 aliphatic carbocycles. The molecule has 1 aliphatic rings. The fraction of sp³-hybridized carbons (Fsp3) is 0.417. The second-order valence-corrected chi connectivity index (χ2v) is 4.28. The number of carbonyl (C=O) groups excluding carboxylic acids is 1. The number of piperazine rings is 1. The van der Waals surface area contributed by atoms with Crippen molar-refractivity contribution in [1.82, 2.24) is 10.6 Å². The Morgan fingerprint density at radius 2 is 2.11 bits per heavy atom. The molecule has 1 heterocycles. The maximum Gasteiger partial charge on any atom is 0.242 e. The Morgan fingerprint density at radius 1 is 1.33 bits per heavy atom. The van der Waals surface area contributed by atoms with Gasteiger partial charge in [-0.05, 0) is 18.6 Å². The van der Waals surface area contributed by atoms with E-state index in [1.165, 1.54) is 6.92 Å². The molecule has 1 amide bonds. The summed E-state index contributed by atoms with van der Waals surface area (Å²) in [5.74, 6) is -1.54. The van der Waals surface area contributed by atoms with Gasteiger partial charge in [-0.2, -0.15) is 0 Å². The van der Waals surface area contributed by atoms with Gasteiger partial charge >= 0.3 is 0 Å². The molecule has 2 rings (SSSR count). The van der Waals surface area contributed by atoms with Crippen LogP contribution < -0.4 is 16.0 Å². The average molecular weight is 255 g/mol. The van der Waals surface area contributed by atoms with Crippen molar-refractivity contribution in [3.63, 3.8) is 0 Å². The molecule has 4 nitrogen and oxygen atoms in total. The third-order valence-electron chi connectivity index (χ3n) is 2.86. The van der Waals surface area contributed by atoms with E-state index in [-0.39, 0.29) is 17.2 Å².